The largest absolute Gasteiger partial charge is 0.496 e. The number of hydrogen-bond acceptors (Lipinski definition) is 5. The van der Waals surface area contributed by atoms with Gasteiger partial charge in [0.25, 0.3) is 5.91 Å². The third-order valence-corrected chi connectivity index (χ3v) is 5.04. The first kappa shape index (κ1) is 23.2. The highest BCUT2D eigenvalue weighted by Crippen LogP contribution is 2.33. The van der Waals surface area contributed by atoms with Crippen LogP contribution in [0.1, 0.15) is 42.7 Å². The molecule has 0 aliphatic heterocycles. The van der Waals surface area contributed by atoms with Crippen molar-refractivity contribution in [2.75, 3.05) is 20.8 Å². The van der Waals surface area contributed by atoms with E-state index in [-0.39, 0.29) is 11.9 Å². The van der Waals surface area contributed by atoms with E-state index in [2.05, 4.69) is 24.3 Å². The predicted octanol–water partition coefficient (Wildman–Crippen LogP) is 4.63. The molecule has 1 aromatic heterocycles. The second kappa shape index (κ2) is 10.2. The average Bonchev–Trinajstić information content (AvgIpc) is 3.18. The highest BCUT2D eigenvalue weighted by atomic mass is 16.5. The van der Waals surface area contributed by atoms with Crippen molar-refractivity contribution >= 4 is 5.91 Å². The number of nitrogens with zero attached hydrogens (tertiary/aromatic N) is 2. The fraction of sp³-hybridized carbons (Fsp3) is 0.360. The fourth-order valence-electron chi connectivity index (χ4n) is 3.38. The van der Waals surface area contributed by atoms with Crippen LogP contribution in [-0.4, -0.2) is 36.5 Å². The summed E-state index contributed by atoms with van der Waals surface area (Å²) in [7, 11) is 5.01. The number of methoxy groups -OCH3 is 2. The van der Waals surface area contributed by atoms with Gasteiger partial charge >= 0.3 is 0 Å². The monoisotopic (exact) mass is 437 g/mol. The molecule has 170 valence electrons. The lowest BCUT2D eigenvalue weighted by molar-refractivity contribution is 0.0940. The van der Waals surface area contributed by atoms with Gasteiger partial charge in [0.15, 0.2) is 11.5 Å². The van der Waals surface area contributed by atoms with E-state index in [9.17, 15) is 4.79 Å². The number of nitrogens with one attached hydrogen (secondary N) is 1. The van der Waals surface area contributed by atoms with Gasteiger partial charge in [-0.3, -0.25) is 9.48 Å². The molecule has 0 radical (unpaired) electrons. The van der Waals surface area contributed by atoms with Crippen LogP contribution in [0.4, 0.5) is 0 Å². The minimum atomic E-state index is -0.249. The molecule has 1 heterocycles. The Morgan fingerprint density at radius 2 is 1.75 bits per heavy atom. The first-order valence-corrected chi connectivity index (χ1v) is 10.6. The van der Waals surface area contributed by atoms with Crippen LogP contribution in [0.15, 0.2) is 48.7 Å². The molecule has 0 aliphatic rings. The number of aryl methyl sites for hydroxylation is 1. The van der Waals surface area contributed by atoms with Crippen LogP contribution in [0.3, 0.4) is 0 Å². The average molecular weight is 438 g/mol. The van der Waals surface area contributed by atoms with Crippen molar-refractivity contribution in [1.29, 1.82) is 0 Å². The van der Waals surface area contributed by atoms with Gasteiger partial charge in [-0.15, -0.1) is 0 Å². The number of carbonyl (C=O) groups is 1. The topological polar surface area (TPSA) is 74.6 Å². The lowest BCUT2D eigenvalue weighted by Crippen LogP contribution is -2.26. The molecule has 32 heavy (non-hydrogen) atoms. The molecule has 1 amide bonds. The van der Waals surface area contributed by atoms with Crippen molar-refractivity contribution in [3.05, 3.63) is 59.8 Å². The maximum absolute atomic E-state index is 13.2. The molecule has 0 spiro atoms. The lowest BCUT2D eigenvalue weighted by Gasteiger charge is -2.18. The Morgan fingerprint density at radius 1 is 1.03 bits per heavy atom. The summed E-state index contributed by atoms with van der Waals surface area (Å²) in [6, 6.07) is 13.0. The first-order chi connectivity index (χ1) is 15.3. The van der Waals surface area contributed by atoms with Gasteiger partial charge in [0.2, 0.25) is 0 Å². The quantitative estimate of drug-likeness (QED) is 0.528. The number of hydrogen-bond donors (Lipinski definition) is 1. The Morgan fingerprint density at radius 3 is 2.44 bits per heavy atom. The van der Waals surface area contributed by atoms with Crippen LogP contribution in [0.5, 0.6) is 17.2 Å². The number of para-hydroxylation sites is 1. The second-order valence-corrected chi connectivity index (χ2v) is 8.08. The lowest BCUT2D eigenvalue weighted by atomic mass is 10.0. The Hall–Kier alpha value is -3.48. The third kappa shape index (κ3) is 5.22. The number of rotatable bonds is 9. The molecular formula is C25H31N3O4. The van der Waals surface area contributed by atoms with Gasteiger partial charge in [0.1, 0.15) is 11.4 Å². The Bertz CT molecular complexity index is 1070. The van der Waals surface area contributed by atoms with Crippen molar-refractivity contribution < 1.29 is 19.0 Å². The molecule has 0 saturated heterocycles. The number of benzene rings is 2. The third-order valence-electron chi connectivity index (χ3n) is 5.04. The molecule has 1 N–H and O–H groups in total. The minimum absolute atomic E-state index is 0.217. The fourth-order valence-corrected chi connectivity index (χ4v) is 3.38. The standard InChI is InChI=1S/C25H31N3O4/c1-16(2)15-32-22-12-11-18(13-23(22)31-6)17(3)26-25(29)20-14-28(4)27-24(20)19-9-7-8-10-21(19)30-5/h7-14,16-17H,15H2,1-6H3,(H,26,29). The molecule has 0 fully saturated rings. The van der Waals surface area contributed by atoms with E-state index < -0.39 is 0 Å². The van der Waals surface area contributed by atoms with Crippen LogP contribution in [0.2, 0.25) is 0 Å². The summed E-state index contributed by atoms with van der Waals surface area (Å²) in [4.78, 5) is 13.2. The molecule has 0 bridgehead atoms. The van der Waals surface area contributed by atoms with Gasteiger partial charge in [-0.2, -0.15) is 5.10 Å². The van der Waals surface area contributed by atoms with Gasteiger partial charge in [-0.05, 0) is 42.7 Å². The van der Waals surface area contributed by atoms with Crippen LogP contribution < -0.4 is 19.5 Å². The van der Waals surface area contributed by atoms with E-state index >= 15 is 0 Å². The van der Waals surface area contributed by atoms with Crippen molar-refractivity contribution in [2.45, 2.75) is 26.8 Å². The van der Waals surface area contributed by atoms with E-state index in [1.165, 1.54) is 0 Å². The molecule has 1 atom stereocenters. The zero-order valence-electron chi connectivity index (χ0n) is 19.5. The van der Waals surface area contributed by atoms with Crippen LogP contribution in [0.25, 0.3) is 11.3 Å². The molecule has 0 aliphatic carbocycles. The zero-order chi connectivity index (χ0) is 23.3. The van der Waals surface area contributed by atoms with Gasteiger partial charge in [0, 0.05) is 18.8 Å². The van der Waals surface area contributed by atoms with Gasteiger partial charge in [0.05, 0.1) is 32.4 Å². The molecule has 0 saturated carbocycles. The van der Waals surface area contributed by atoms with Crippen molar-refractivity contribution in [1.82, 2.24) is 15.1 Å². The number of amides is 1. The van der Waals surface area contributed by atoms with E-state index in [0.717, 1.165) is 11.1 Å². The van der Waals surface area contributed by atoms with Crippen LogP contribution in [0, 0.1) is 5.92 Å². The van der Waals surface area contributed by atoms with Crippen molar-refractivity contribution in [3.63, 3.8) is 0 Å². The Kier molecular flexibility index (Phi) is 7.41. The summed E-state index contributed by atoms with van der Waals surface area (Å²) in [5, 5.41) is 7.57. The summed E-state index contributed by atoms with van der Waals surface area (Å²) in [6.07, 6.45) is 1.72. The molecule has 7 heteroatoms. The van der Waals surface area contributed by atoms with E-state index in [1.807, 2.05) is 49.4 Å². The highest BCUT2D eigenvalue weighted by Gasteiger charge is 2.22. The molecule has 3 aromatic rings. The summed E-state index contributed by atoms with van der Waals surface area (Å²) in [5.41, 5.74) is 2.73. The predicted molar refractivity (Wildman–Crippen MR) is 124 cm³/mol. The molecule has 3 rings (SSSR count). The summed E-state index contributed by atoms with van der Waals surface area (Å²) >= 11 is 0. The SMILES string of the molecule is COc1cc(C(C)NC(=O)c2cn(C)nc2-c2ccccc2OC)ccc1OCC(C)C. The molecule has 7 nitrogen and oxygen atoms in total. The molecule has 1 unspecified atom stereocenters. The first-order valence-electron chi connectivity index (χ1n) is 10.6. The maximum Gasteiger partial charge on any atom is 0.255 e. The molecular weight excluding hydrogens is 406 g/mol. The second-order valence-electron chi connectivity index (χ2n) is 8.08. The smallest absolute Gasteiger partial charge is 0.255 e. The summed E-state index contributed by atoms with van der Waals surface area (Å²) < 4.78 is 18.4. The molecule has 2 aromatic carbocycles. The van der Waals surface area contributed by atoms with Crippen LogP contribution in [-0.2, 0) is 7.05 Å². The van der Waals surface area contributed by atoms with Crippen LogP contribution >= 0.6 is 0 Å². The Labute approximate surface area is 189 Å². The number of carbonyl (C=O) groups excluding carboxylic acids is 1. The highest BCUT2D eigenvalue weighted by molar-refractivity contribution is 6.00. The normalized spacial score (nSPS) is 11.8. The number of aromatic nitrogens is 2. The minimum Gasteiger partial charge on any atom is -0.496 e. The van der Waals surface area contributed by atoms with Gasteiger partial charge < -0.3 is 19.5 Å². The van der Waals surface area contributed by atoms with E-state index in [1.54, 1.807) is 32.1 Å². The van der Waals surface area contributed by atoms with E-state index in [0.29, 0.717) is 41.0 Å². The van der Waals surface area contributed by atoms with E-state index in [4.69, 9.17) is 14.2 Å². The van der Waals surface area contributed by atoms with Gasteiger partial charge in [-0.1, -0.05) is 32.0 Å². The Balaban J connectivity index is 1.82. The van der Waals surface area contributed by atoms with Gasteiger partial charge in [-0.25, -0.2) is 0 Å². The maximum atomic E-state index is 13.2. The zero-order valence-corrected chi connectivity index (χ0v) is 19.5. The summed E-state index contributed by atoms with van der Waals surface area (Å²) in [6.45, 7) is 6.72. The van der Waals surface area contributed by atoms with Crippen molar-refractivity contribution in [3.8, 4) is 28.5 Å². The van der Waals surface area contributed by atoms with Crippen molar-refractivity contribution in [2.24, 2.45) is 13.0 Å². The summed E-state index contributed by atoms with van der Waals surface area (Å²) in [5.74, 6) is 2.18. The number of ether oxygens (including phenoxy) is 3.